The second-order valence-corrected chi connectivity index (χ2v) is 11.5. The monoisotopic (exact) mass is 459 g/mol. The fourth-order valence-corrected chi connectivity index (χ4v) is 8.65. The molecule has 1 saturated heterocycles. The summed E-state index contributed by atoms with van der Waals surface area (Å²) in [5.41, 5.74) is 1.77. The SMILES string of the molecule is CC[C@H]1/C(=N/OC2CCNC2)CC[C@]2(CO)C3CC[C@]4(C)C(=O)CCC4C3C/C(=N\OC)C12. The number of aliphatic hydroxyl groups is 1. The second-order valence-electron chi connectivity index (χ2n) is 11.5. The molecule has 1 heterocycles. The molecule has 5 unspecified atom stereocenters. The van der Waals surface area contributed by atoms with Gasteiger partial charge in [0.05, 0.1) is 11.4 Å². The van der Waals surface area contributed by atoms with Crippen LogP contribution in [-0.4, -0.2) is 55.2 Å². The van der Waals surface area contributed by atoms with Gasteiger partial charge in [0.25, 0.3) is 0 Å². The molecule has 0 amide bonds. The van der Waals surface area contributed by atoms with Crippen molar-refractivity contribution in [1.82, 2.24) is 5.32 Å². The van der Waals surface area contributed by atoms with Crippen LogP contribution in [0, 0.1) is 40.4 Å². The van der Waals surface area contributed by atoms with Gasteiger partial charge in [0.2, 0.25) is 0 Å². The normalized spacial score (nSPS) is 47.3. The number of carbonyl (C=O) groups is 1. The van der Waals surface area contributed by atoms with Crippen LogP contribution in [0.4, 0.5) is 0 Å². The molecule has 4 aliphatic carbocycles. The predicted molar refractivity (Wildman–Crippen MR) is 127 cm³/mol. The summed E-state index contributed by atoms with van der Waals surface area (Å²) in [5, 5.41) is 23.7. The highest BCUT2D eigenvalue weighted by Crippen LogP contribution is 2.65. The van der Waals surface area contributed by atoms with Crippen molar-refractivity contribution >= 4 is 17.2 Å². The first-order valence-electron chi connectivity index (χ1n) is 13.2. The van der Waals surface area contributed by atoms with E-state index in [1.54, 1.807) is 7.11 Å². The van der Waals surface area contributed by atoms with E-state index in [0.29, 0.717) is 30.0 Å². The highest BCUT2D eigenvalue weighted by molar-refractivity contribution is 5.97. The van der Waals surface area contributed by atoms with E-state index >= 15 is 0 Å². The van der Waals surface area contributed by atoms with Gasteiger partial charge in [0.1, 0.15) is 19.0 Å². The Balaban J connectivity index is 1.50. The highest BCUT2D eigenvalue weighted by atomic mass is 16.6. The molecule has 0 aromatic rings. The largest absolute Gasteiger partial charge is 0.399 e. The lowest BCUT2D eigenvalue weighted by molar-refractivity contribution is -0.136. The summed E-state index contributed by atoms with van der Waals surface area (Å²) in [5.74, 6) is 1.97. The van der Waals surface area contributed by atoms with Gasteiger partial charge < -0.3 is 20.1 Å². The van der Waals surface area contributed by atoms with Crippen molar-refractivity contribution in [3.05, 3.63) is 0 Å². The molecule has 7 nitrogen and oxygen atoms in total. The van der Waals surface area contributed by atoms with Gasteiger partial charge >= 0.3 is 0 Å². The maximum atomic E-state index is 12.8. The number of hydrogen-bond acceptors (Lipinski definition) is 7. The molecule has 0 aromatic heterocycles. The molecule has 0 bridgehead atoms. The van der Waals surface area contributed by atoms with E-state index in [2.05, 4.69) is 24.3 Å². The minimum Gasteiger partial charge on any atom is -0.399 e. The number of hydrogen-bond donors (Lipinski definition) is 2. The minimum atomic E-state index is -0.220. The number of fused-ring (bicyclic) bond motifs is 5. The van der Waals surface area contributed by atoms with Gasteiger partial charge in [0, 0.05) is 48.7 Å². The van der Waals surface area contributed by atoms with Crippen LogP contribution >= 0.6 is 0 Å². The van der Waals surface area contributed by atoms with Crippen LogP contribution in [0.15, 0.2) is 10.3 Å². The molecule has 0 spiro atoms. The van der Waals surface area contributed by atoms with Crippen LogP contribution in [0.3, 0.4) is 0 Å². The minimum absolute atomic E-state index is 0.118. The molecule has 2 N–H and O–H groups in total. The predicted octanol–water partition coefficient (Wildman–Crippen LogP) is 3.55. The highest BCUT2D eigenvalue weighted by Gasteiger charge is 2.64. The third kappa shape index (κ3) is 3.56. The molecule has 184 valence electrons. The summed E-state index contributed by atoms with van der Waals surface area (Å²) in [6.45, 7) is 6.42. The zero-order valence-corrected chi connectivity index (χ0v) is 20.5. The summed E-state index contributed by atoms with van der Waals surface area (Å²) in [4.78, 5) is 24.2. The first kappa shape index (κ1) is 23.3. The summed E-state index contributed by atoms with van der Waals surface area (Å²) in [7, 11) is 1.62. The molecule has 33 heavy (non-hydrogen) atoms. The van der Waals surface area contributed by atoms with E-state index < -0.39 is 0 Å². The number of rotatable bonds is 5. The molecule has 0 radical (unpaired) electrons. The van der Waals surface area contributed by atoms with E-state index in [9.17, 15) is 9.90 Å². The van der Waals surface area contributed by atoms with E-state index in [4.69, 9.17) is 14.8 Å². The summed E-state index contributed by atoms with van der Waals surface area (Å²) >= 11 is 0. The van der Waals surface area contributed by atoms with Crippen LogP contribution in [0.5, 0.6) is 0 Å². The van der Waals surface area contributed by atoms with Crippen LogP contribution in [-0.2, 0) is 14.5 Å². The van der Waals surface area contributed by atoms with Gasteiger partial charge in [-0.05, 0) is 69.2 Å². The maximum absolute atomic E-state index is 12.8. The van der Waals surface area contributed by atoms with Crippen molar-refractivity contribution in [2.24, 2.45) is 50.7 Å². The topological polar surface area (TPSA) is 92.5 Å². The Kier molecular flexibility index (Phi) is 6.32. The standard InChI is InChI=1S/C26H41N3O4/c1-4-17-21(29-33-16-9-12-27-14-16)8-11-26(15-30)20-7-10-25(2)19(5-6-23(25)31)18(20)13-22(24(17)26)28-32-3/h16-20,24,27,30H,4-15H2,1-3H3/b28-22+,29-21+/t16?,17-,18?,19?,20?,24?,25-,26-/m0/s1. The fourth-order valence-electron chi connectivity index (χ4n) is 8.65. The fraction of sp³-hybridized carbons (Fsp3) is 0.885. The van der Waals surface area contributed by atoms with Crippen molar-refractivity contribution in [2.45, 2.75) is 77.7 Å². The molecule has 5 fully saturated rings. The third-order valence-electron chi connectivity index (χ3n) is 10.3. The van der Waals surface area contributed by atoms with E-state index in [1.165, 1.54) is 0 Å². The Morgan fingerprint density at radius 3 is 2.67 bits per heavy atom. The van der Waals surface area contributed by atoms with Crippen molar-refractivity contribution < 1.29 is 19.6 Å². The molecule has 5 aliphatic rings. The smallest absolute Gasteiger partial charge is 0.141 e. The van der Waals surface area contributed by atoms with Crippen molar-refractivity contribution in [2.75, 3.05) is 26.8 Å². The number of ketones is 1. The Morgan fingerprint density at radius 2 is 1.97 bits per heavy atom. The average molecular weight is 460 g/mol. The summed E-state index contributed by atoms with van der Waals surface area (Å²) in [6, 6.07) is 0. The van der Waals surface area contributed by atoms with Crippen molar-refractivity contribution in [3.63, 3.8) is 0 Å². The van der Waals surface area contributed by atoms with E-state index in [1.807, 2.05) is 0 Å². The Hall–Kier alpha value is -1.47. The van der Waals surface area contributed by atoms with Crippen LogP contribution in [0.25, 0.3) is 0 Å². The molecule has 5 rings (SSSR count). The Labute approximate surface area is 197 Å². The van der Waals surface area contributed by atoms with Crippen LogP contribution in [0.2, 0.25) is 0 Å². The second kappa shape index (κ2) is 8.95. The summed E-state index contributed by atoms with van der Waals surface area (Å²) < 4.78 is 0. The molecular weight excluding hydrogens is 418 g/mol. The lowest BCUT2D eigenvalue weighted by Crippen LogP contribution is -2.61. The number of oxime groups is 2. The van der Waals surface area contributed by atoms with Crippen LogP contribution in [0.1, 0.15) is 71.6 Å². The average Bonchev–Trinajstić information content (AvgIpc) is 3.45. The first-order chi connectivity index (χ1) is 16.0. The number of nitrogens with zero attached hydrogens (tertiary/aromatic N) is 2. The van der Waals surface area contributed by atoms with Crippen molar-refractivity contribution in [1.29, 1.82) is 0 Å². The third-order valence-corrected chi connectivity index (χ3v) is 10.3. The maximum Gasteiger partial charge on any atom is 0.141 e. The lowest BCUT2D eigenvalue weighted by Gasteiger charge is -2.61. The molecule has 0 aromatic carbocycles. The van der Waals surface area contributed by atoms with Crippen molar-refractivity contribution in [3.8, 4) is 0 Å². The number of Topliss-reactive ketones (excluding diaryl/α,β-unsaturated/α-hetero) is 1. The lowest BCUT2D eigenvalue weighted by atomic mass is 9.42. The van der Waals surface area contributed by atoms with Gasteiger partial charge in [-0.2, -0.15) is 0 Å². The number of aliphatic hydroxyl groups excluding tert-OH is 1. The van der Waals surface area contributed by atoms with Crippen LogP contribution < -0.4 is 5.32 Å². The summed E-state index contributed by atoms with van der Waals surface area (Å²) in [6.07, 6.45) is 8.39. The Bertz CT molecular complexity index is 822. The molecule has 1 aliphatic heterocycles. The first-order valence-corrected chi connectivity index (χ1v) is 13.2. The van der Waals surface area contributed by atoms with Gasteiger partial charge in [-0.15, -0.1) is 0 Å². The Morgan fingerprint density at radius 1 is 1.12 bits per heavy atom. The van der Waals surface area contributed by atoms with Gasteiger partial charge in [0.15, 0.2) is 0 Å². The van der Waals surface area contributed by atoms with Gasteiger partial charge in [-0.25, -0.2) is 0 Å². The zero-order valence-electron chi connectivity index (χ0n) is 20.5. The molecule has 7 heteroatoms. The molecule has 8 atom stereocenters. The number of carbonyl (C=O) groups excluding carboxylic acids is 1. The number of nitrogens with one attached hydrogen (secondary N) is 1. The molecule has 4 saturated carbocycles. The quantitative estimate of drug-likeness (QED) is 0.614. The van der Waals surface area contributed by atoms with E-state index in [-0.39, 0.29) is 35.4 Å². The van der Waals surface area contributed by atoms with Gasteiger partial charge in [-0.1, -0.05) is 24.2 Å². The van der Waals surface area contributed by atoms with Gasteiger partial charge in [-0.3, -0.25) is 4.79 Å². The molecular formula is C26H41N3O4. The van der Waals surface area contributed by atoms with E-state index in [0.717, 1.165) is 75.9 Å². The zero-order chi connectivity index (χ0) is 23.2.